The fourth-order valence-corrected chi connectivity index (χ4v) is 3.49. The van der Waals surface area contributed by atoms with E-state index in [9.17, 15) is 9.90 Å². The minimum Gasteiger partial charge on any atom is -0.413 e. The second-order valence-electron chi connectivity index (χ2n) is 6.80. The van der Waals surface area contributed by atoms with Crippen LogP contribution in [0.5, 0.6) is 0 Å². The van der Waals surface area contributed by atoms with Crippen LogP contribution in [-0.2, 0) is 9.22 Å². The number of β-lactam (4-membered cyclic amide) rings is 1. The molecule has 1 aliphatic heterocycles. The quantitative estimate of drug-likeness (QED) is 0.479. The van der Waals surface area contributed by atoms with Crippen molar-refractivity contribution < 1.29 is 14.3 Å². The first-order chi connectivity index (χ1) is 8.53. The number of carbonyl (C=O) groups excluding carboxylic acids is 1. The highest BCUT2D eigenvalue weighted by molar-refractivity contribution is 6.74. The van der Waals surface area contributed by atoms with Gasteiger partial charge in [0, 0.05) is 6.54 Å². The van der Waals surface area contributed by atoms with Gasteiger partial charge in [0.15, 0.2) is 8.32 Å². The van der Waals surface area contributed by atoms with Gasteiger partial charge in [-0.1, -0.05) is 26.8 Å². The molecule has 0 saturated carbocycles. The molecule has 0 aromatic heterocycles. The van der Waals surface area contributed by atoms with Gasteiger partial charge in [0.25, 0.3) is 0 Å². The zero-order valence-corrected chi connectivity index (χ0v) is 13.9. The molecule has 4 nitrogen and oxygen atoms in total. The summed E-state index contributed by atoms with van der Waals surface area (Å²) in [6.07, 6.45) is 0.631. The average Bonchev–Trinajstić information content (AvgIpc) is 2.23. The predicted octanol–water partition coefficient (Wildman–Crippen LogP) is 2.36. The van der Waals surface area contributed by atoms with E-state index in [0.717, 1.165) is 0 Å². The van der Waals surface area contributed by atoms with E-state index in [1.807, 2.05) is 6.92 Å². The van der Waals surface area contributed by atoms with Gasteiger partial charge in [-0.2, -0.15) is 0 Å². The molecule has 0 aromatic rings. The highest BCUT2D eigenvalue weighted by atomic mass is 28.4. The first-order valence-electron chi connectivity index (χ1n) is 6.80. The Morgan fingerprint density at radius 3 is 2.42 bits per heavy atom. The topological polar surface area (TPSA) is 49.8 Å². The molecule has 0 bridgehead atoms. The van der Waals surface area contributed by atoms with E-state index in [4.69, 9.17) is 4.43 Å². The van der Waals surface area contributed by atoms with Crippen molar-refractivity contribution in [1.82, 2.24) is 4.90 Å². The van der Waals surface area contributed by atoms with Crippen molar-refractivity contribution in [3.63, 3.8) is 0 Å². The highest BCUT2D eigenvalue weighted by Crippen LogP contribution is 2.39. The Labute approximate surface area is 117 Å². The van der Waals surface area contributed by atoms with Gasteiger partial charge in [0.1, 0.15) is 12.1 Å². The molecule has 0 spiro atoms. The number of nitrogens with zero attached hydrogens (tertiary/aromatic N) is 1. The molecule has 0 aromatic carbocycles. The monoisotopic (exact) mass is 285 g/mol. The lowest BCUT2D eigenvalue weighted by Gasteiger charge is -2.48. The lowest BCUT2D eigenvalue weighted by molar-refractivity contribution is -0.189. The lowest BCUT2D eigenvalue weighted by atomic mass is 9.91. The maximum Gasteiger partial charge on any atom is 0.235 e. The molecule has 1 fully saturated rings. The van der Waals surface area contributed by atoms with Crippen LogP contribution < -0.4 is 0 Å². The number of aliphatic hydroxyl groups is 1. The van der Waals surface area contributed by atoms with Crippen molar-refractivity contribution in [3.8, 4) is 0 Å². The number of rotatable bonds is 5. The summed E-state index contributed by atoms with van der Waals surface area (Å²) < 4.78 is 6.18. The van der Waals surface area contributed by atoms with Crippen molar-refractivity contribution in [2.24, 2.45) is 5.92 Å². The molecule has 1 rings (SSSR count). The molecular formula is C14H27NO3Si. The number of likely N-dealkylation sites (tertiary alicyclic amines) is 1. The molecule has 3 atom stereocenters. The summed E-state index contributed by atoms with van der Waals surface area (Å²) in [4.78, 5) is 13.4. The van der Waals surface area contributed by atoms with Gasteiger partial charge >= 0.3 is 0 Å². The summed E-state index contributed by atoms with van der Waals surface area (Å²) in [6.45, 7) is 16.7. The standard InChI is InChI=1S/C14H27NO3Si/c1-8-9-15-12(16)11(13(15)17)10(2)18-19(6,7)14(3,4)5/h8,10-12,16H,1,9H2,2-7H3/t10-,11-,12-/m1/s1. The van der Waals surface area contributed by atoms with Crippen LogP contribution in [0.25, 0.3) is 0 Å². The van der Waals surface area contributed by atoms with Gasteiger partial charge in [-0.05, 0) is 25.1 Å². The van der Waals surface area contributed by atoms with E-state index in [0.29, 0.717) is 6.54 Å². The van der Waals surface area contributed by atoms with Gasteiger partial charge in [-0.3, -0.25) is 4.79 Å². The van der Waals surface area contributed by atoms with Crippen molar-refractivity contribution in [3.05, 3.63) is 12.7 Å². The van der Waals surface area contributed by atoms with Crippen LogP contribution in [0.2, 0.25) is 18.1 Å². The van der Waals surface area contributed by atoms with Crippen molar-refractivity contribution in [2.45, 2.75) is 58.2 Å². The van der Waals surface area contributed by atoms with Gasteiger partial charge in [-0.25, -0.2) is 0 Å². The Morgan fingerprint density at radius 1 is 1.53 bits per heavy atom. The molecule has 1 heterocycles. The SMILES string of the molecule is C=CCN1C(=O)[C@H]([C@@H](C)O[Si](C)(C)C(C)(C)C)[C@H]1O. The highest BCUT2D eigenvalue weighted by Gasteiger charge is 2.51. The number of amides is 1. The first kappa shape index (κ1) is 16.4. The summed E-state index contributed by atoms with van der Waals surface area (Å²) >= 11 is 0. The fraction of sp³-hybridized carbons (Fsp3) is 0.786. The Hall–Kier alpha value is -0.653. The van der Waals surface area contributed by atoms with E-state index >= 15 is 0 Å². The maximum atomic E-state index is 12.0. The maximum absolute atomic E-state index is 12.0. The second-order valence-corrected chi connectivity index (χ2v) is 11.6. The zero-order chi connectivity index (χ0) is 15.0. The third kappa shape index (κ3) is 3.09. The van der Waals surface area contributed by atoms with Gasteiger partial charge in [0.05, 0.1) is 6.10 Å². The molecule has 5 heteroatoms. The van der Waals surface area contributed by atoms with Crippen molar-refractivity contribution in [2.75, 3.05) is 6.54 Å². The van der Waals surface area contributed by atoms with Crippen LogP contribution in [-0.4, -0.2) is 43.1 Å². The summed E-state index contributed by atoms with van der Waals surface area (Å²) in [7, 11) is -1.91. The molecule has 19 heavy (non-hydrogen) atoms. The summed E-state index contributed by atoms with van der Waals surface area (Å²) in [6, 6.07) is 0. The second kappa shape index (κ2) is 5.38. The van der Waals surface area contributed by atoms with E-state index in [1.54, 1.807) is 6.08 Å². The van der Waals surface area contributed by atoms with Gasteiger partial charge < -0.3 is 14.4 Å². The molecule has 0 aliphatic carbocycles. The van der Waals surface area contributed by atoms with Crippen LogP contribution in [0.3, 0.4) is 0 Å². The van der Waals surface area contributed by atoms with Crippen molar-refractivity contribution >= 4 is 14.2 Å². The molecule has 0 unspecified atom stereocenters. The van der Waals surface area contributed by atoms with Crippen LogP contribution in [0, 0.1) is 5.92 Å². The Bertz CT molecular complexity index is 362. The van der Waals surface area contributed by atoms with E-state index in [2.05, 4.69) is 40.4 Å². The van der Waals surface area contributed by atoms with E-state index < -0.39 is 20.5 Å². The molecule has 0 radical (unpaired) electrons. The lowest BCUT2D eigenvalue weighted by Crippen LogP contribution is -2.65. The Balaban J connectivity index is 2.69. The van der Waals surface area contributed by atoms with Crippen LogP contribution in [0.15, 0.2) is 12.7 Å². The van der Waals surface area contributed by atoms with Crippen LogP contribution in [0.1, 0.15) is 27.7 Å². The Kier molecular flexibility index (Phi) is 4.65. The number of hydrogen-bond acceptors (Lipinski definition) is 3. The third-order valence-corrected chi connectivity index (χ3v) is 8.90. The smallest absolute Gasteiger partial charge is 0.235 e. The molecular weight excluding hydrogens is 258 g/mol. The minimum atomic E-state index is -1.91. The normalized spacial score (nSPS) is 26.1. The summed E-state index contributed by atoms with van der Waals surface area (Å²) in [5, 5.41) is 10.1. The average molecular weight is 285 g/mol. The number of carbonyl (C=O) groups is 1. The molecule has 1 amide bonds. The zero-order valence-electron chi connectivity index (χ0n) is 12.9. The van der Waals surface area contributed by atoms with Crippen LogP contribution in [0.4, 0.5) is 0 Å². The fourth-order valence-electron chi connectivity index (χ4n) is 2.06. The van der Waals surface area contributed by atoms with Crippen LogP contribution >= 0.6 is 0 Å². The molecule has 110 valence electrons. The largest absolute Gasteiger partial charge is 0.413 e. The molecule has 1 saturated heterocycles. The molecule has 1 N–H and O–H groups in total. The molecule has 1 aliphatic rings. The van der Waals surface area contributed by atoms with Crippen molar-refractivity contribution in [1.29, 1.82) is 0 Å². The predicted molar refractivity (Wildman–Crippen MR) is 79.2 cm³/mol. The third-order valence-electron chi connectivity index (χ3n) is 4.33. The van der Waals surface area contributed by atoms with Gasteiger partial charge in [-0.15, -0.1) is 6.58 Å². The van der Waals surface area contributed by atoms with E-state index in [1.165, 1.54) is 4.90 Å². The van der Waals surface area contributed by atoms with Gasteiger partial charge in [0.2, 0.25) is 5.91 Å². The Morgan fingerprint density at radius 2 is 2.05 bits per heavy atom. The first-order valence-corrected chi connectivity index (χ1v) is 9.71. The number of hydrogen-bond donors (Lipinski definition) is 1. The minimum absolute atomic E-state index is 0.0430. The number of aliphatic hydroxyl groups excluding tert-OH is 1. The van der Waals surface area contributed by atoms with E-state index in [-0.39, 0.29) is 17.0 Å². The summed E-state index contributed by atoms with van der Waals surface area (Å²) in [5.74, 6) is -0.479. The summed E-state index contributed by atoms with van der Waals surface area (Å²) in [5.41, 5.74) is 0.